The third-order valence-corrected chi connectivity index (χ3v) is 2.66. The maximum Gasteiger partial charge on any atom is -0.0256 e. The number of hydrogen-bond acceptors (Lipinski definition) is 0. The van der Waals surface area contributed by atoms with Gasteiger partial charge < -0.3 is 0 Å². The molecule has 1 rings (SSSR count). The van der Waals surface area contributed by atoms with Crippen molar-refractivity contribution >= 4 is 6.08 Å². The molecule has 0 heteroatoms. The molecule has 1 aromatic rings. The number of benzene rings is 1. The molecule has 0 atom stereocenters. The summed E-state index contributed by atoms with van der Waals surface area (Å²) < 4.78 is 0. The second kappa shape index (κ2) is 6.23. The lowest BCUT2D eigenvalue weighted by atomic mass is 10.1. The first kappa shape index (κ1) is 11.8. The highest BCUT2D eigenvalue weighted by Gasteiger charge is 1.90. The zero-order chi connectivity index (χ0) is 11.1. The number of allylic oxidation sites excluding steroid dienone is 3. The van der Waals surface area contributed by atoms with Gasteiger partial charge in [-0.2, -0.15) is 0 Å². The lowest BCUT2D eigenvalue weighted by Crippen LogP contribution is -1.79. The molecule has 0 bridgehead atoms. The predicted molar refractivity (Wildman–Crippen MR) is 68.9 cm³/mol. The van der Waals surface area contributed by atoms with Gasteiger partial charge in [-0.3, -0.25) is 0 Å². The van der Waals surface area contributed by atoms with E-state index in [-0.39, 0.29) is 0 Å². The molecule has 0 spiro atoms. The standard InChI is InChI=1S/C15H20/c1-4-13(5-2)7-10-15-11-8-14(6-3)9-12-15/h4,7-12H,5-6H2,1-3H3. The van der Waals surface area contributed by atoms with Gasteiger partial charge in [-0.15, -0.1) is 0 Å². The molecule has 0 amide bonds. The van der Waals surface area contributed by atoms with Gasteiger partial charge in [0.25, 0.3) is 0 Å². The fourth-order valence-corrected chi connectivity index (χ4v) is 1.49. The van der Waals surface area contributed by atoms with Gasteiger partial charge in [0, 0.05) is 0 Å². The smallest absolute Gasteiger partial charge is 0.0256 e. The summed E-state index contributed by atoms with van der Waals surface area (Å²) in [5, 5.41) is 0. The Morgan fingerprint density at radius 2 is 1.80 bits per heavy atom. The Kier molecular flexibility index (Phi) is 4.89. The molecule has 0 unspecified atom stereocenters. The molecule has 0 fully saturated rings. The highest BCUT2D eigenvalue weighted by Crippen LogP contribution is 2.09. The molecule has 0 heterocycles. The van der Waals surface area contributed by atoms with Gasteiger partial charge in [-0.25, -0.2) is 0 Å². The Balaban J connectivity index is 2.72. The van der Waals surface area contributed by atoms with E-state index >= 15 is 0 Å². The molecule has 0 aliphatic heterocycles. The third kappa shape index (κ3) is 3.75. The summed E-state index contributed by atoms with van der Waals surface area (Å²) in [6.45, 7) is 6.45. The molecule has 15 heavy (non-hydrogen) atoms. The van der Waals surface area contributed by atoms with Crippen LogP contribution in [-0.4, -0.2) is 0 Å². The summed E-state index contributed by atoms with van der Waals surface area (Å²) in [5.41, 5.74) is 4.06. The van der Waals surface area contributed by atoms with Crippen LogP contribution >= 0.6 is 0 Å². The van der Waals surface area contributed by atoms with E-state index in [1.165, 1.54) is 16.7 Å². The zero-order valence-corrected chi connectivity index (χ0v) is 9.96. The number of hydrogen-bond donors (Lipinski definition) is 0. The molecular weight excluding hydrogens is 180 g/mol. The SMILES string of the molecule is CC=C(C=Cc1ccc(CC)cc1)CC. The van der Waals surface area contributed by atoms with Crippen molar-refractivity contribution in [1.82, 2.24) is 0 Å². The molecule has 0 aromatic heterocycles. The van der Waals surface area contributed by atoms with Crippen LogP contribution in [0.1, 0.15) is 38.3 Å². The zero-order valence-electron chi connectivity index (χ0n) is 9.96. The van der Waals surface area contributed by atoms with Crippen molar-refractivity contribution in [3.05, 3.63) is 53.1 Å². The summed E-state index contributed by atoms with van der Waals surface area (Å²) in [6.07, 6.45) is 8.75. The molecule has 1 aromatic carbocycles. The highest BCUT2D eigenvalue weighted by atomic mass is 14.0. The summed E-state index contributed by atoms with van der Waals surface area (Å²) in [4.78, 5) is 0. The van der Waals surface area contributed by atoms with Crippen molar-refractivity contribution < 1.29 is 0 Å². The Morgan fingerprint density at radius 1 is 1.13 bits per heavy atom. The monoisotopic (exact) mass is 200 g/mol. The van der Waals surface area contributed by atoms with E-state index in [0.717, 1.165) is 12.8 Å². The summed E-state index contributed by atoms with van der Waals surface area (Å²) in [6, 6.07) is 8.75. The maximum atomic E-state index is 2.20. The Morgan fingerprint density at radius 3 is 2.27 bits per heavy atom. The lowest BCUT2D eigenvalue weighted by Gasteiger charge is -1.98. The van der Waals surface area contributed by atoms with Crippen molar-refractivity contribution in [2.45, 2.75) is 33.6 Å². The van der Waals surface area contributed by atoms with E-state index in [9.17, 15) is 0 Å². The molecule has 80 valence electrons. The minimum absolute atomic E-state index is 1.10. The van der Waals surface area contributed by atoms with E-state index in [0.29, 0.717) is 0 Å². The second-order valence-electron chi connectivity index (χ2n) is 3.65. The van der Waals surface area contributed by atoms with Crippen LogP contribution < -0.4 is 0 Å². The first-order chi connectivity index (χ1) is 7.30. The average Bonchev–Trinajstić information content (AvgIpc) is 2.31. The average molecular weight is 200 g/mol. The molecule has 0 saturated heterocycles. The Hall–Kier alpha value is -1.30. The summed E-state index contributed by atoms with van der Waals surface area (Å²) in [5.74, 6) is 0. The third-order valence-electron chi connectivity index (χ3n) is 2.66. The molecule has 0 saturated carbocycles. The van der Waals surface area contributed by atoms with Crippen LogP contribution in [0, 0.1) is 0 Å². The van der Waals surface area contributed by atoms with Gasteiger partial charge >= 0.3 is 0 Å². The predicted octanol–water partition coefficient (Wildman–Crippen LogP) is 4.62. The van der Waals surface area contributed by atoms with E-state index in [1.54, 1.807) is 0 Å². The minimum Gasteiger partial charge on any atom is -0.0845 e. The fourth-order valence-electron chi connectivity index (χ4n) is 1.49. The van der Waals surface area contributed by atoms with Crippen LogP contribution in [0.15, 0.2) is 42.0 Å². The Bertz CT molecular complexity index is 339. The number of aryl methyl sites for hydroxylation is 1. The van der Waals surface area contributed by atoms with Crippen LogP contribution in [0.3, 0.4) is 0 Å². The van der Waals surface area contributed by atoms with E-state index in [2.05, 4.69) is 63.3 Å². The van der Waals surface area contributed by atoms with Crippen molar-refractivity contribution in [3.8, 4) is 0 Å². The largest absolute Gasteiger partial charge is 0.0845 e. The van der Waals surface area contributed by atoms with Crippen molar-refractivity contribution in [2.75, 3.05) is 0 Å². The van der Waals surface area contributed by atoms with Gasteiger partial charge in [0.05, 0.1) is 0 Å². The van der Waals surface area contributed by atoms with Gasteiger partial charge in [0.1, 0.15) is 0 Å². The van der Waals surface area contributed by atoms with Gasteiger partial charge in [-0.1, -0.05) is 61.9 Å². The van der Waals surface area contributed by atoms with Crippen LogP contribution in [0.4, 0.5) is 0 Å². The first-order valence-corrected chi connectivity index (χ1v) is 5.72. The molecular formula is C15H20. The fraction of sp³-hybridized carbons (Fsp3) is 0.333. The second-order valence-corrected chi connectivity index (χ2v) is 3.65. The van der Waals surface area contributed by atoms with Crippen LogP contribution in [0.25, 0.3) is 6.08 Å². The lowest BCUT2D eigenvalue weighted by molar-refractivity contribution is 1.14. The van der Waals surface area contributed by atoms with Crippen LogP contribution in [0.2, 0.25) is 0 Å². The van der Waals surface area contributed by atoms with Crippen molar-refractivity contribution in [1.29, 1.82) is 0 Å². The minimum atomic E-state index is 1.10. The molecule has 0 aliphatic rings. The Labute approximate surface area is 93.3 Å². The first-order valence-electron chi connectivity index (χ1n) is 5.72. The van der Waals surface area contributed by atoms with E-state index < -0.39 is 0 Å². The van der Waals surface area contributed by atoms with Gasteiger partial charge in [-0.05, 0) is 30.9 Å². The topological polar surface area (TPSA) is 0 Å². The normalized spacial score (nSPS) is 12.3. The van der Waals surface area contributed by atoms with Crippen molar-refractivity contribution in [3.63, 3.8) is 0 Å². The molecule has 0 N–H and O–H groups in total. The summed E-state index contributed by atoms with van der Waals surface area (Å²) in [7, 11) is 0. The summed E-state index contributed by atoms with van der Waals surface area (Å²) >= 11 is 0. The van der Waals surface area contributed by atoms with Crippen LogP contribution in [0.5, 0.6) is 0 Å². The van der Waals surface area contributed by atoms with Crippen LogP contribution in [-0.2, 0) is 6.42 Å². The molecule has 0 nitrogen and oxygen atoms in total. The van der Waals surface area contributed by atoms with Crippen molar-refractivity contribution in [2.24, 2.45) is 0 Å². The van der Waals surface area contributed by atoms with Gasteiger partial charge in [0.2, 0.25) is 0 Å². The van der Waals surface area contributed by atoms with E-state index in [1.807, 2.05) is 0 Å². The van der Waals surface area contributed by atoms with Gasteiger partial charge in [0.15, 0.2) is 0 Å². The number of rotatable bonds is 4. The highest BCUT2D eigenvalue weighted by molar-refractivity contribution is 5.53. The maximum absolute atomic E-state index is 2.20. The van der Waals surface area contributed by atoms with E-state index in [4.69, 9.17) is 0 Å². The quantitative estimate of drug-likeness (QED) is 0.622. The molecule has 0 aliphatic carbocycles. The molecule has 0 radical (unpaired) electrons.